The van der Waals surface area contributed by atoms with Crippen LogP contribution in [0.5, 0.6) is 5.75 Å². The molecule has 2 rings (SSSR count). The van der Waals surface area contributed by atoms with E-state index < -0.39 is 5.97 Å². The van der Waals surface area contributed by atoms with Crippen molar-refractivity contribution >= 4 is 29.2 Å². The Balaban J connectivity index is 2.27. The zero-order valence-corrected chi connectivity index (χ0v) is 12.4. The maximum Gasteiger partial charge on any atom is 0.339 e. The van der Waals surface area contributed by atoms with Crippen LogP contribution in [0, 0.1) is 6.92 Å². The van der Waals surface area contributed by atoms with Crippen molar-refractivity contribution in [3.63, 3.8) is 0 Å². The first kappa shape index (κ1) is 14.7. The predicted molar refractivity (Wildman–Crippen MR) is 75.7 cm³/mol. The first-order chi connectivity index (χ1) is 9.40. The molecule has 1 heterocycles. The number of carbonyl (C=O) groups is 1. The summed E-state index contributed by atoms with van der Waals surface area (Å²) in [5.74, 6) is -0.880. The highest BCUT2D eigenvalue weighted by molar-refractivity contribution is 6.31. The fourth-order valence-electron chi connectivity index (χ4n) is 1.78. The van der Waals surface area contributed by atoms with E-state index in [1.54, 1.807) is 14.0 Å². The van der Waals surface area contributed by atoms with Gasteiger partial charge in [0.15, 0.2) is 0 Å². The number of aromatic carboxylic acids is 1. The van der Waals surface area contributed by atoms with Gasteiger partial charge in [-0.15, -0.1) is 0 Å². The fraction of sp³-hybridized carbons (Fsp3) is 0.231. The number of hydrogen-bond acceptors (Lipinski definition) is 3. The number of aryl methyl sites for hydroxylation is 2. The number of ether oxygens (including phenoxy) is 1. The van der Waals surface area contributed by atoms with Gasteiger partial charge >= 0.3 is 5.97 Å². The number of nitrogens with zero attached hydrogens (tertiary/aromatic N) is 2. The Labute approximate surface area is 125 Å². The number of halogens is 2. The third-order valence-electron chi connectivity index (χ3n) is 2.82. The molecule has 20 heavy (non-hydrogen) atoms. The van der Waals surface area contributed by atoms with Gasteiger partial charge in [-0.25, -0.2) is 4.79 Å². The lowest BCUT2D eigenvalue weighted by Gasteiger charge is -2.09. The second-order valence-corrected chi connectivity index (χ2v) is 5.01. The zero-order valence-electron chi connectivity index (χ0n) is 10.9. The number of rotatable bonds is 4. The van der Waals surface area contributed by atoms with Gasteiger partial charge in [0.2, 0.25) is 0 Å². The third kappa shape index (κ3) is 2.89. The van der Waals surface area contributed by atoms with Crippen molar-refractivity contribution in [2.75, 3.05) is 0 Å². The van der Waals surface area contributed by atoms with Crippen LogP contribution < -0.4 is 4.74 Å². The highest BCUT2D eigenvalue weighted by atomic mass is 35.5. The standard InChI is InChI=1S/C13H12Cl2N2O3/c1-7-10(12(15)17(2)16-7)6-20-11-5-8(14)3-4-9(11)13(18)19/h3-5H,6H2,1-2H3,(H,18,19). The molecule has 1 aromatic carbocycles. The molecule has 0 unspecified atom stereocenters. The molecule has 0 atom stereocenters. The quantitative estimate of drug-likeness (QED) is 0.940. The number of benzene rings is 1. The van der Waals surface area contributed by atoms with Crippen molar-refractivity contribution in [1.29, 1.82) is 0 Å². The van der Waals surface area contributed by atoms with Gasteiger partial charge in [0.05, 0.1) is 5.69 Å². The van der Waals surface area contributed by atoms with E-state index in [1.807, 2.05) is 0 Å². The molecule has 7 heteroatoms. The first-order valence-corrected chi connectivity index (χ1v) is 6.49. The van der Waals surface area contributed by atoms with Crippen LogP contribution in [0.4, 0.5) is 0 Å². The lowest BCUT2D eigenvalue weighted by molar-refractivity contribution is 0.0692. The summed E-state index contributed by atoms with van der Waals surface area (Å²) < 4.78 is 7.07. The summed E-state index contributed by atoms with van der Waals surface area (Å²) in [6, 6.07) is 4.36. The van der Waals surface area contributed by atoms with Crippen molar-refractivity contribution in [3.05, 3.63) is 45.2 Å². The Kier molecular flexibility index (Phi) is 4.20. The van der Waals surface area contributed by atoms with E-state index in [4.69, 9.17) is 33.0 Å². The highest BCUT2D eigenvalue weighted by Crippen LogP contribution is 2.26. The van der Waals surface area contributed by atoms with Crippen LogP contribution in [0.15, 0.2) is 18.2 Å². The Morgan fingerprint density at radius 1 is 1.45 bits per heavy atom. The Morgan fingerprint density at radius 3 is 2.70 bits per heavy atom. The summed E-state index contributed by atoms with van der Waals surface area (Å²) in [6.07, 6.45) is 0. The SMILES string of the molecule is Cc1nn(C)c(Cl)c1COc1cc(Cl)ccc1C(=O)O. The van der Waals surface area contributed by atoms with Gasteiger partial charge < -0.3 is 9.84 Å². The molecule has 0 spiro atoms. The molecule has 0 saturated carbocycles. The largest absolute Gasteiger partial charge is 0.488 e. The molecule has 0 aliphatic heterocycles. The maximum absolute atomic E-state index is 11.1. The normalized spacial score (nSPS) is 10.6. The average molecular weight is 315 g/mol. The van der Waals surface area contributed by atoms with Gasteiger partial charge in [-0.1, -0.05) is 23.2 Å². The molecule has 1 N–H and O–H groups in total. The Bertz CT molecular complexity index is 668. The number of carboxylic acid groups (broad SMARTS) is 1. The van der Waals surface area contributed by atoms with E-state index >= 15 is 0 Å². The summed E-state index contributed by atoms with van der Waals surface area (Å²) in [5.41, 5.74) is 1.49. The van der Waals surface area contributed by atoms with Crippen molar-refractivity contribution < 1.29 is 14.6 Å². The second kappa shape index (κ2) is 5.73. The molecule has 0 radical (unpaired) electrons. The molecule has 5 nitrogen and oxygen atoms in total. The summed E-state index contributed by atoms with van der Waals surface area (Å²) >= 11 is 11.9. The van der Waals surface area contributed by atoms with Crippen LogP contribution in [0.3, 0.4) is 0 Å². The minimum atomic E-state index is -1.08. The molecule has 106 valence electrons. The molecule has 0 aliphatic carbocycles. The number of aromatic nitrogens is 2. The van der Waals surface area contributed by atoms with Gasteiger partial charge in [-0.3, -0.25) is 4.68 Å². The van der Waals surface area contributed by atoms with Crippen molar-refractivity contribution in [2.45, 2.75) is 13.5 Å². The summed E-state index contributed by atoms with van der Waals surface area (Å²) in [4.78, 5) is 11.1. The van der Waals surface area contributed by atoms with Crippen LogP contribution in [0.2, 0.25) is 10.2 Å². The lowest BCUT2D eigenvalue weighted by Crippen LogP contribution is -2.04. The van der Waals surface area contributed by atoms with Crippen molar-refractivity contribution in [2.24, 2.45) is 7.05 Å². The van der Waals surface area contributed by atoms with Crippen LogP contribution in [-0.4, -0.2) is 20.9 Å². The number of carboxylic acids is 1. The van der Waals surface area contributed by atoms with Crippen molar-refractivity contribution in [3.8, 4) is 5.75 Å². The van der Waals surface area contributed by atoms with Crippen molar-refractivity contribution in [1.82, 2.24) is 9.78 Å². The summed E-state index contributed by atoms with van der Waals surface area (Å²) in [6.45, 7) is 1.93. The zero-order chi connectivity index (χ0) is 14.9. The van der Waals surface area contributed by atoms with Gasteiger partial charge in [-0.05, 0) is 25.1 Å². The first-order valence-electron chi connectivity index (χ1n) is 5.73. The topological polar surface area (TPSA) is 64.4 Å². The smallest absolute Gasteiger partial charge is 0.339 e. The highest BCUT2D eigenvalue weighted by Gasteiger charge is 2.15. The van der Waals surface area contributed by atoms with Crippen LogP contribution in [0.1, 0.15) is 21.6 Å². The van der Waals surface area contributed by atoms with Gasteiger partial charge in [0, 0.05) is 17.6 Å². The van der Waals surface area contributed by atoms with E-state index in [1.165, 1.54) is 22.9 Å². The molecule has 0 fully saturated rings. The van der Waals surface area contributed by atoms with Gasteiger partial charge in [0.1, 0.15) is 23.1 Å². The molecule has 0 saturated heterocycles. The van der Waals surface area contributed by atoms with E-state index in [0.717, 1.165) is 5.69 Å². The monoisotopic (exact) mass is 314 g/mol. The maximum atomic E-state index is 11.1. The lowest BCUT2D eigenvalue weighted by atomic mass is 10.2. The predicted octanol–water partition coefficient (Wildman–Crippen LogP) is 3.31. The van der Waals surface area contributed by atoms with Crippen LogP contribution in [-0.2, 0) is 13.7 Å². The molecule has 0 aliphatic rings. The van der Waals surface area contributed by atoms with Gasteiger partial charge in [-0.2, -0.15) is 5.10 Å². The van der Waals surface area contributed by atoms with E-state index in [0.29, 0.717) is 15.7 Å². The van der Waals surface area contributed by atoms with Crippen LogP contribution >= 0.6 is 23.2 Å². The van der Waals surface area contributed by atoms with Crippen LogP contribution in [0.25, 0.3) is 0 Å². The molecular weight excluding hydrogens is 303 g/mol. The van der Waals surface area contributed by atoms with E-state index in [9.17, 15) is 4.79 Å². The van der Waals surface area contributed by atoms with E-state index in [-0.39, 0.29) is 17.9 Å². The minimum Gasteiger partial charge on any atom is -0.488 e. The summed E-state index contributed by atoms with van der Waals surface area (Å²) in [7, 11) is 1.72. The average Bonchev–Trinajstić information content (AvgIpc) is 2.61. The Morgan fingerprint density at radius 2 is 2.15 bits per heavy atom. The molecule has 0 bridgehead atoms. The third-order valence-corrected chi connectivity index (χ3v) is 3.52. The molecular formula is C13H12Cl2N2O3. The summed E-state index contributed by atoms with van der Waals surface area (Å²) in [5, 5.41) is 14.1. The number of hydrogen-bond donors (Lipinski definition) is 1. The fourth-order valence-corrected chi connectivity index (χ4v) is 2.17. The van der Waals surface area contributed by atoms with Gasteiger partial charge in [0.25, 0.3) is 0 Å². The van der Waals surface area contributed by atoms with E-state index in [2.05, 4.69) is 5.10 Å². The second-order valence-electron chi connectivity index (χ2n) is 4.21. The molecule has 2 aromatic rings. The minimum absolute atomic E-state index is 0.0482. The molecule has 1 aromatic heterocycles. The molecule has 0 amide bonds. The Hall–Kier alpha value is -1.72.